The van der Waals surface area contributed by atoms with Gasteiger partial charge in [-0.3, -0.25) is 9.59 Å². The van der Waals surface area contributed by atoms with Gasteiger partial charge < -0.3 is 19.5 Å². The van der Waals surface area contributed by atoms with Crippen LogP contribution in [-0.4, -0.2) is 35.5 Å². The zero-order valence-electron chi connectivity index (χ0n) is 15.5. The van der Waals surface area contributed by atoms with Crippen LogP contribution in [-0.2, 0) is 22.7 Å². The van der Waals surface area contributed by atoms with E-state index < -0.39 is 11.9 Å². The zero-order valence-corrected chi connectivity index (χ0v) is 15.5. The summed E-state index contributed by atoms with van der Waals surface area (Å²) in [4.78, 5) is 24.9. The molecule has 6 heteroatoms. The lowest BCUT2D eigenvalue weighted by atomic mass is 10.1. The number of ether oxygens (including phenoxy) is 2. The van der Waals surface area contributed by atoms with E-state index in [4.69, 9.17) is 14.6 Å². The van der Waals surface area contributed by atoms with Crippen molar-refractivity contribution >= 4 is 11.9 Å². The highest BCUT2D eigenvalue weighted by atomic mass is 16.5. The molecule has 3 rings (SSSR count). The van der Waals surface area contributed by atoms with Gasteiger partial charge in [0.15, 0.2) is 0 Å². The topological polar surface area (TPSA) is 76.1 Å². The van der Waals surface area contributed by atoms with E-state index in [1.807, 2.05) is 37.3 Å². The van der Waals surface area contributed by atoms with Gasteiger partial charge in [0, 0.05) is 31.1 Å². The van der Waals surface area contributed by atoms with Gasteiger partial charge in [0.2, 0.25) is 5.91 Å². The molecule has 1 unspecified atom stereocenters. The molecule has 1 heterocycles. The van der Waals surface area contributed by atoms with Crippen LogP contribution in [0, 0.1) is 12.8 Å². The molecule has 1 saturated heterocycles. The van der Waals surface area contributed by atoms with E-state index in [2.05, 4.69) is 6.07 Å². The first-order valence-corrected chi connectivity index (χ1v) is 8.82. The number of hydrogen-bond acceptors (Lipinski definition) is 4. The maximum atomic E-state index is 12.1. The van der Waals surface area contributed by atoms with Crippen LogP contribution in [0.2, 0.25) is 0 Å². The average molecular weight is 369 g/mol. The van der Waals surface area contributed by atoms with Gasteiger partial charge in [0.1, 0.15) is 18.1 Å². The third-order valence-electron chi connectivity index (χ3n) is 4.68. The highest BCUT2D eigenvalue weighted by Crippen LogP contribution is 2.29. The summed E-state index contributed by atoms with van der Waals surface area (Å²) in [7, 11) is 1.58. The highest BCUT2D eigenvalue weighted by Gasteiger charge is 2.34. The van der Waals surface area contributed by atoms with Crippen molar-refractivity contribution in [2.24, 2.45) is 5.92 Å². The van der Waals surface area contributed by atoms with Crippen LogP contribution < -0.4 is 9.47 Å². The summed E-state index contributed by atoms with van der Waals surface area (Å²) in [6, 6.07) is 13.5. The van der Waals surface area contributed by atoms with Gasteiger partial charge in [-0.1, -0.05) is 29.8 Å². The zero-order chi connectivity index (χ0) is 19.4. The van der Waals surface area contributed by atoms with Crippen molar-refractivity contribution in [2.75, 3.05) is 13.7 Å². The molecule has 1 aliphatic heterocycles. The smallest absolute Gasteiger partial charge is 0.308 e. The van der Waals surface area contributed by atoms with E-state index >= 15 is 0 Å². The molecule has 2 aromatic rings. The monoisotopic (exact) mass is 369 g/mol. The molecule has 27 heavy (non-hydrogen) atoms. The average Bonchev–Trinajstić information content (AvgIpc) is 3.02. The second-order valence-corrected chi connectivity index (χ2v) is 6.76. The SMILES string of the molecule is COc1ccc(CN2CC(C(=O)O)CC2=O)c(OCc2cccc(C)c2)c1. The lowest BCUT2D eigenvalue weighted by Crippen LogP contribution is -2.26. The van der Waals surface area contributed by atoms with E-state index in [0.29, 0.717) is 24.7 Å². The van der Waals surface area contributed by atoms with Crippen molar-refractivity contribution in [3.8, 4) is 11.5 Å². The normalized spacial score (nSPS) is 16.4. The van der Waals surface area contributed by atoms with Gasteiger partial charge in [0.25, 0.3) is 0 Å². The quantitative estimate of drug-likeness (QED) is 0.812. The summed E-state index contributed by atoms with van der Waals surface area (Å²) >= 11 is 0. The van der Waals surface area contributed by atoms with E-state index in [1.54, 1.807) is 18.1 Å². The molecule has 1 atom stereocenters. The van der Waals surface area contributed by atoms with Gasteiger partial charge in [-0.05, 0) is 24.6 Å². The number of likely N-dealkylation sites (tertiary alicyclic amines) is 1. The minimum absolute atomic E-state index is 0.0466. The Balaban J connectivity index is 1.76. The Bertz CT molecular complexity index is 848. The fraction of sp³-hybridized carbons (Fsp3) is 0.333. The fourth-order valence-electron chi connectivity index (χ4n) is 3.19. The molecule has 142 valence electrons. The number of nitrogens with zero attached hydrogens (tertiary/aromatic N) is 1. The molecule has 0 spiro atoms. The molecule has 1 N–H and O–H groups in total. The van der Waals surface area contributed by atoms with Gasteiger partial charge in [-0.25, -0.2) is 0 Å². The summed E-state index contributed by atoms with van der Waals surface area (Å²) in [5.74, 6) is -0.441. The number of aliphatic carboxylic acids is 1. The standard InChI is InChI=1S/C21H23NO5/c1-14-4-3-5-15(8-14)13-27-19-10-18(26-2)7-6-16(19)11-22-12-17(21(24)25)9-20(22)23/h3-8,10,17H,9,11-13H2,1-2H3,(H,24,25). The predicted molar refractivity (Wildman–Crippen MR) is 99.7 cm³/mol. The molecule has 6 nitrogen and oxygen atoms in total. The first-order valence-electron chi connectivity index (χ1n) is 8.82. The van der Waals surface area contributed by atoms with E-state index in [0.717, 1.165) is 16.7 Å². The van der Waals surface area contributed by atoms with E-state index in [-0.39, 0.29) is 18.9 Å². The second-order valence-electron chi connectivity index (χ2n) is 6.76. The Morgan fingerprint density at radius 3 is 2.74 bits per heavy atom. The summed E-state index contributed by atoms with van der Waals surface area (Å²) in [5, 5.41) is 9.15. The number of methoxy groups -OCH3 is 1. The van der Waals surface area contributed by atoms with Crippen molar-refractivity contribution in [3.63, 3.8) is 0 Å². The summed E-state index contributed by atoms with van der Waals surface area (Å²) in [5.41, 5.74) is 3.03. The Kier molecular flexibility index (Phi) is 5.64. The fourth-order valence-corrected chi connectivity index (χ4v) is 3.19. The molecule has 2 aromatic carbocycles. The number of benzene rings is 2. The molecule has 0 radical (unpaired) electrons. The van der Waals surface area contributed by atoms with Crippen LogP contribution in [0.4, 0.5) is 0 Å². The second kappa shape index (κ2) is 8.12. The first-order chi connectivity index (χ1) is 13.0. The lowest BCUT2D eigenvalue weighted by molar-refractivity contribution is -0.141. The summed E-state index contributed by atoms with van der Waals surface area (Å²) in [6.45, 7) is 2.96. The van der Waals surface area contributed by atoms with Crippen LogP contribution in [0.5, 0.6) is 11.5 Å². The Hall–Kier alpha value is -3.02. The van der Waals surface area contributed by atoms with E-state index in [9.17, 15) is 9.59 Å². The van der Waals surface area contributed by atoms with Gasteiger partial charge in [-0.15, -0.1) is 0 Å². The van der Waals surface area contributed by atoms with E-state index in [1.165, 1.54) is 0 Å². The van der Waals surface area contributed by atoms with Crippen LogP contribution in [0.3, 0.4) is 0 Å². The largest absolute Gasteiger partial charge is 0.497 e. The maximum absolute atomic E-state index is 12.1. The number of aryl methyl sites for hydroxylation is 1. The molecule has 1 aliphatic rings. The Morgan fingerprint density at radius 2 is 2.07 bits per heavy atom. The van der Waals surface area contributed by atoms with Crippen LogP contribution in [0.1, 0.15) is 23.1 Å². The summed E-state index contributed by atoms with van der Waals surface area (Å²) in [6.07, 6.45) is 0.0466. The molecule has 0 saturated carbocycles. The van der Waals surface area contributed by atoms with Crippen molar-refractivity contribution in [3.05, 3.63) is 59.2 Å². The number of rotatable bonds is 7. The van der Waals surface area contributed by atoms with Gasteiger partial charge in [-0.2, -0.15) is 0 Å². The molecule has 1 amide bonds. The highest BCUT2D eigenvalue weighted by molar-refractivity contribution is 5.86. The Morgan fingerprint density at radius 1 is 1.26 bits per heavy atom. The van der Waals surface area contributed by atoms with Gasteiger partial charge in [0.05, 0.1) is 13.0 Å². The summed E-state index contributed by atoms with van der Waals surface area (Å²) < 4.78 is 11.3. The first kappa shape index (κ1) is 18.8. The molecule has 0 aliphatic carbocycles. The number of amides is 1. The molecule has 1 fully saturated rings. The lowest BCUT2D eigenvalue weighted by Gasteiger charge is -2.19. The number of hydrogen-bond donors (Lipinski definition) is 1. The molecular weight excluding hydrogens is 346 g/mol. The maximum Gasteiger partial charge on any atom is 0.308 e. The number of carbonyl (C=O) groups excluding carboxylic acids is 1. The molecule has 0 bridgehead atoms. The van der Waals surface area contributed by atoms with Crippen molar-refractivity contribution in [2.45, 2.75) is 26.5 Å². The molecule has 0 aromatic heterocycles. The van der Waals surface area contributed by atoms with Crippen LogP contribution in [0.15, 0.2) is 42.5 Å². The van der Waals surface area contributed by atoms with Crippen LogP contribution >= 0.6 is 0 Å². The van der Waals surface area contributed by atoms with Crippen molar-refractivity contribution in [1.82, 2.24) is 4.90 Å². The minimum atomic E-state index is -0.934. The predicted octanol–water partition coefficient (Wildman–Crippen LogP) is 3.02. The molecular formula is C21H23NO5. The third kappa shape index (κ3) is 4.58. The van der Waals surface area contributed by atoms with Gasteiger partial charge >= 0.3 is 5.97 Å². The minimum Gasteiger partial charge on any atom is -0.497 e. The van der Waals surface area contributed by atoms with Crippen molar-refractivity contribution < 1.29 is 24.2 Å². The number of carboxylic acids is 1. The Labute approximate surface area is 158 Å². The third-order valence-corrected chi connectivity index (χ3v) is 4.68. The van der Waals surface area contributed by atoms with Crippen LogP contribution in [0.25, 0.3) is 0 Å². The number of carbonyl (C=O) groups is 2. The number of carboxylic acid groups (broad SMARTS) is 1. The van der Waals surface area contributed by atoms with Crippen molar-refractivity contribution in [1.29, 1.82) is 0 Å².